The fourth-order valence-electron chi connectivity index (χ4n) is 5.24. The van der Waals surface area contributed by atoms with E-state index in [1.165, 1.54) is 35.6 Å². The fourth-order valence-corrected chi connectivity index (χ4v) is 7.19. The van der Waals surface area contributed by atoms with Gasteiger partial charge < -0.3 is 14.4 Å². The minimum Gasteiger partial charge on any atom is -0.497 e. The number of hydrogen-bond acceptors (Lipinski definition) is 9. The number of nitrogens with zero attached hydrogens (tertiary/aromatic N) is 4. The van der Waals surface area contributed by atoms with E-state index in [2.05, 4.69) is 0 Å². The number of methoxy groups -OCH3 is 2. The first kappa shape index (κ1) is 31.7. The summed E-state index contributed by atoms with van der Waals surface area (Å²) < 4.78 is 13.1. The SMILES string of the molecule is CCN(CC)C(=O)C1=C(C)N=c2s/c(=C\c3cc([N+](=O)[O-])ccc3Sc3ccccc3)c(=O)n2[C@@H]1c1cc(OC)ccc1OC. The molecule has 12 heteroatoms. The average molecular weight is 645 g/mol. The van der Waals surface area contributed by atoms with E-state index in [-0.39, 0.29) is 17.2 Å². The zero-order chi connectivity index (χ0) is 32.2. The van der Waals surface area contributed by atoms with Gasteiger partial charge in [-0.3, -0.25) is 24.3 Å². The van der Waals surface area contributed by atoms with Crippen molar-refractivity contribution in [2.24, 2.45) is 4.99 Å². The summed E-state index contributed by atoms with van der Waals surface area (Å²) in [7, 11) is 3.08. The van der Waals surface area contributed by atoms with Crippen LogP contribution in [-0.2, 0) is 4.79 Å². The fraction of sp³-hybridized carbons (Fsp3) is 0.242. The Morgan fingerprint density at radius 1 is 1.09 bits per heavy atom. The molecule has 0 unspecified atom stereocenters. The number of non-ortho nitro benzene ring substituents is 1. The molecule has 1 amide bonds. The van der Waals surface area contributed by atoms with Gasteiger partial charge in [-0.05, 0) is 68.8 Å². The number of aromatic nitrogens is 1. The third kappa shape index (κ3) is 6.29. The van der Waals surface area contributed by atoms with E-state index in [1.807, 2.05) is 44.2 Å². The zero-order valence-electron chi connectivity index (χ0n) is 25.5. The Balaban J connectivity index is 1.76. The second kappa shape index (κ2) is 13.5. The lowest BCUT2D eigenvalue weighted by atomic mass is 9.93. The van der Waals surface area contributed by atoms with Gasteiger partial charge in [0.25, 0.3) is 17.2 Å². The zero-order valence-corrected chi connectivity index (χ0v) is 27.1. The van der Waals surface area contributed by atoms with E-state index in [1.54, 1.807) is 49.3 Å². The number of hydrogen-bond donors (Lipinski definition) is 0. The van der Waals surface area contributed by atoms with Crippen LogP contribution in [0, 0.1) is 10.1 Å². The van der Waals surface area contributed by atoms with Gasteiger partial charge in [-0.15, -0.1) is 0 Å². The highest BCUT2D eigenvalue weighted by atomic mass is 32.2. The van der Waals surface area contributed by atoms with E-state index in [0.717, 1.165) is 21.1 Å². The predicted octanol–water partition coefficient (Wildman–Crippen LogP) is 5.18. The normalized spacial score (nSPS) is 14.5. The third-order valence-corrected chi connectivity index (χ3v) is 9.58. The molecule has 3 aromatic carbocycles. The summed E-state index contributed by atoms with van der Waals surface area (Å²) in [6.45, 7) is 6.53. The number of thiazole rings is 1. The first-order chi connectivity index (χ1) is 21.7. The quantitative estimate of drug-likeness (QED) is 0.173. The summed E-state index contributed by atoms with van der Waals surface area (Å²) >= 11 is 2.61. The van der Waals surface area contributed by atoms with E-state index < -0.39 is 11.0 Å². The summed E-state index contributed by atoms with van der Waals surface area (Å²) in [6, 6.07) is 18.7. The first-order valence-electron chi connectivity index (χ1n) is 14.3. The smallest absolute Gasteiger partial charge is 0.271 e. The number of benzene rings is 3. The summed E-state index contributed by atoms with van der Waals surface area (Å²) in [5.74, 6) is 0.789. The third-order valence-electron chi connectivity index (χ3n) is 7.50. The molecule has 232 valence electrons. The lowest BCUT2D eigenvalue weighted by Crippen LogP contribution is -2.43. The monoisotopic (exact) mass is 644 g/mol. The van der Waals surface area contributed by atoms with Gasteiger partial charge in [0.2, 0.25) is 0 Å². The molecule has 1 atom stereocenters. The molecule has 0 N–H and O–H groups in total. The van der Waals surface area contributed by atoms with Gasteiger partial charge in [-0.1, -0.05) is 41.3 Å². The Labute approximate surface area is 268 Å². The minimum absolute atomic E-state index is 0.0895. The maximum atomic E-state index is 14.3. The molecular formula is C33H32N4O6S2. The van der Waals surface area contributed by atoms with Crippen LogP contribution in [-0.4, -0.2) is 47.6 Å². The maximum Gasteiger partial charge on any atom is 0.271 e. The van der Waals surface area contributed by atoms with Crippen LogP contribution in [0.15, 0.2) is 97.6 Å². The molecule has 45 heavy (non-hydrogen) atoms. The Kier molecular flexibility index (Phi) is 9.54. The first-order valence-corrected chi connectivity index (χ1v) is 15.9. The number of nitro benzene ring substituents is 1. The molecule has 0 saturated heterocycles. The standard InChI is InChI=1S/C33H32N4O6S2/c1-6-35(7-2)32(39)29-20(3)34-33-36(30(29)25-19-23(42-4)14-15-26(25)43-5)31(38)28(45-33)18-21-17-22(37(40)41)13-16-27(21)44-24-11-9-8-10-12-24/h8-19,30H,6-7H2,1-5H3/b28-18-/t30-/m1/s1. The largest absolute Gasteiger partial charge is 0.497 e. The van der Waals surface area contributed by atoms with E-state index in [4.69, 9.17) is 14.5 Å². The van der Waals surface area contributed by atoms with Crippen LogP contribution in [0.4, 0.5) is 5.69 Å². The van der Waals surface area contributed by atoms with Crippen molar-refractivity contribution >= 4 is 40.8 Å². The van der Waals surface area contributed by atoms with Crippen molar-refractivity contribution in [1.29, 1.82) is 0 Å². The van der Waals surface area contributed by atoms with Crippen molar-refractivity contribution in [3.05, 3.63) is 119 Å². The van der Waals surface area contributed by atoms with Gasteiger partial charge in [-0.2, -0.15) is 0 Å². The molecular weight excluding hydrogens is 613 g/mol. The average Bonchev–Trinajstić information content (AvgIpc) is 3.35. The second-order valence-corrected chi connectivity index (χ2v) is 12.2. The van der Waals surface area contributed by atoms with Crippen molar-refractivity contribution in [2.45, 2.75) is 36.6 Å². The summed E-state index contributed by atoms with van der Waals surface area (Å²) in [4.78, 5) is 48.1. The number of likely N-dealkylation sites (N-methyl/N-ethyl adjacent to an activating group) is 1. The summed E-state index contributed by atoms with van der Waals surface area (Å²) in [6.07, 6.45) is 1.66. The van der Waals surface area contributed by atoms with Crippen LogP contribution in [0.3, 0.4) is 0 Å². The molecule has 4 aromatic rings. The van der Waals surface area contributed by atoms with Crippen LogP contribution in [0.2, 0.25) is 0 Å². The lowest BCUT2D eigenvalue weighted by molar-refractivity contribution is -0.384. The van der Waals surface area contributed by atoms with Gasteiger partial charge in [0.05, 0.1) is 34.9 Å². The number of allylic oxidation sites excluding steroid dienone is 1. The molecule has 0 radical (unpaired) electrons. The molecule has 0 saturated carbocycles. The van der Waals surface area contributed by atoms with E-state index >= 15 is 0 Å². The number of nitro groups is 1. The van der Waals surface area contributed by atoms with Crippen molar-refractivity contribution < 1.29 is 19.2 Å². The topological polar surface area (TPSA) is 116 Å². The van der Waals surface area contributed by atoms with Crippen molar-refractivity contribution in [3.63, 3.8) is 0 Å². The van der Waals surface area contributed by atoms with Crippen molar-refractivity contribution in [2.75, 3.05) is 27.3 Å². The van der Waals surface area contributed by atoms with Crippen LogP contribution < -0.4 is 24.4 Å². The van der Waals surface area contributed by atoms with Crippen molar-refractivity contribution in [1.82, 2.24) is 9.47 Å². The number of carbonyl (C=O) groups excluding carboxylic acids is 1. The van der Waals surface area contributed by atoms with Crippen LogP contribution in [0.25, 0.3) is 6.08 Å². The van der Waals surface area contributed by atoms with Crippen LogP contribution in [0.5, 0.6) is 11.5 Å². The number of amides is 1. The number of ether oxygens (including phenoxy) is 2. The van der Waals surface area contributed by atoms with Gasteiger partial charge in [0.1, 0.15) is 17.5 Å². The van der Waals surface area contributed by atoms with Crippen LogP contribution in [0.1, 0.15) is 37.9 Å². The molecule has 1 aliphatic heterocycles. The number of carbonyl (C=O) groups is 1. The molecule has 5 rings (SSSR count). The minimum atomic E-state index is -0.857. The molecule has 1 aliphatic rings. The Bertz CT molecular complexity index is 1980. The molecule has 10 nitrogen and oxygen atoms in total. The Morgan fingerprint density at radius 3 is 2.47 bits per heavy atom. The van der Waals surface area contributed by atoms with Gasteiger partial charge >= 0.3 is 0 Å². The van der Waals surface area contributed by atoms with E-state index in [9.17, 15) is 19.7 Å². The number of rotatable bonds is 10. The molecule has 0 spiro atoms. The molecule has 0 fully saturated rings. The molecule has 1 aromatic heterocycles. The van der Waals surface area contributed by atoms with Gasteiger partial charge in [0.15, 0.2) is 4.80 Å². The van der Waals surface area contributed by atoms with Gasteiger partial charge in [0, 0.05) is 40.6 Å². The van der Waals surface area contributed by atoms with E-state index in [0.29, 0.717) is 56.3 Å². The Morgan fingerprint density at radius 2 is 1.82 bits per heavy atom. The number of fused-ring (bicyclic) bond motifs is 1. The maximum absolute atomic E-state index is 14.3. The van der Waals surface area contributed by atoms with Crippen molar-refractivity contribution in [3.8, 4) is 11.5 Å². The summed E-state index contributed by atoms with van der Waals surface area (Å²) in [5, 5.41) is 11.7. The summed E-state index contributed by atoms with van der Waals surface area (Å²) in [5.41, 5.74) is 1.48. The highest BCUT2D eigenvalue weighted by Crippen LogP contribution is 2.38. The highest BCUT2D eigenvalue weighted by Gasteiger charge is 2.36. The Hall–Kier alpha value is -4.68. The van der Waals surface area contributed by atoms with Gasteiger partial charge in [-0.25, -0.2) is 4.99 Å². The lowest BCUT2D eigenvalue weighted by Gasteiger charge is -2.30. The predicted molar refractivity (Wildman–Crippen MR) is 175 cm³/mol. The highest BCUT2D eigenvalue weighted by molar-refractivity contribution is 7.99. The molecule has 0 aliphatic carbocycles. The second-order valence-electron chi connectivity index (χ2n) is 10.1. The molecule has 2 heterocycles. The molecule has 0 bridgehead atoms. The van der Waals surface area contributed by atoms with Crippen LogP contribution >= 0.6 is 23.1 Å².